The summed E-state index contributed by atoms with van der Waals surface area (Å²) in [5, 5.41) is 0. The van der Waals surface area contributed by atoms with Crippen molar-refractivity contribution >= 4 is 11.8 Å². The molecule has 1 heterocycles. The lowest BCUT2D eigenvalue weighted by Crippen LogP contribution is -2.57. The predicted octanol–water partition coefficient (Wildman–Crippen LogP) is 1.71. The van der Waals surface area contributed by atoms with E-state index in [9.17, 15) is 13.2 Å². The molecule has 1 unspecified atom stereocenters. The number of hydrogen-bond donors (Lipinski definition) is 1. The van der Waals surface area contributed by atoms with Crippen LogP contribution in [-0.2, 0) is 0 Å². The van der Waals surface area contributed by atoms with Crippen molar-refractivity contribution in [3.8, 4) is 0 Å². The second-order valence-electron chi connectivity index (χ2n) is 4.06. The zero-order chi connectivity index (χ0) is 11.5. The molecule has 1 saturated heterocycles. The van der Waals surface area contributed by atoms with E-state index in [1.54, 1.807) is 11.8 Å². The minimum Gasteiger partial charge on any atom is -0.329 e. The van der Waals surface area contributed by atoms with Crippen LogP contribution in [0.5, 0.6) is 0 Å². The molecule has 0 radical (unpaired) electrons. The summed E-state index contributed by atoms with van der Waals surface area (Å²) >= 11 is 1.69. The highest BCUT2D eigenvalue weighted by atomic mass is 32.2. The molecule has 2 N–H and O–H groups in total. The van der Waals surface area contributed by atoms with E-state index in [4.69, 9.17) is 5.73 Å². The molecule has 0 aromatic heterocycles. The Morgan fingerprint density at radius 1 is 1.47 bits per heavy atom. The fourth-order valence-electron chi connectivity index (χ4n) is 1.89. The first kappa shape index (κ1) is 13.1. The average Bonchev–Trinajstić information content (AvgIpc) is 2.16. The van der Waals surface area contributed by atoms with Crippen molar-refractivity contribution in [3.63, 3.8) is 0 Å². The summed E-state index contributed by atoms with van der Waals surface area (Å²) < 4.78 is 36.8. The maximum atomic E-state index is 12.3. The van der Waals surface area contributed by atoms with E-state index in [0.717, 1.165) is 18.6 Å². The molecule has 0 spiro atoms. The van der Waals surface area contributed by atoms with E-state index in [1.165, 1.54) is 11.9 Å². The summed E-state index contributed by atoms with van der Waals surface area (Å²) in [7, 11) is 1.52. The number of rotatable bonds is 3. The molecule has 0 amide bonds. The van der Waals surface area contributed by atoms with Crippen molar-refractivity contribution in [3.05, 3.63) is 0 Å². The van der Waals surface area contributed by atoms with Crippen LogP contribution in [0.3, 0.4) is 0 Å². The second-order valence-corrected chi connectivity index (χ2v) is 5.16. The molecule has 1 aliphatic rings. The Bertz CT molecular complexity index is 202. The molecule has 6 heteroatoms. The predicted molar refractivity (Wildman–Crippen MR) is 57.0 cm³/mol. The van der Waals surface area contributed by atoms with Gasteiger partial charge in [0.2, 0.25) is 0 Å². The summed E-state index contributed by atoms with van der Waals surface area (Å²) in [6.07, 6.45) is -2.42. The van der Waals surface area contributed by atoms with Gasteiger partial charge in [0.25, 0.3) is 0 Å². The van der Waals surface area contributed by atoms with Gasteiger partial charge in [0.05, 0.1) is 6.54 Å². The van der Waals surface area contributed by atoms with Crippen molar-refractivity contribution in [2.75, 3.05) is 31.6 Å². The smallest absolute Gasteiger partial charge is 0.329 e. The summed E-state index contributed by atoms with van der Waals surface area (Å²) in [5.74, 6) is 1.73. The Morgan fingerprint density at radius 3 is 2.53 bits per heavy atom. The zero-order valence-corrected chi connectivity index (χ0v) is 9.63. The van der Waals surface area contributed by atoms with E-state index in [2.05, 4.69) is 0 Å². The maximum absolute atomic E-state index is 12.3. The van der Waals surface area contributed by atoms with Crippen LogP contribution in [0.25, 0.3) is 0 Å². The summed E-state index contributed by atoms with van der Waals surface area (Å²) in [6, 6.07) is 0. The van der Waals surface area contributed by atoms with E-state index in [0.29, 0.717) is 12.3 Å². The lowest BCUT2D eigenvalue weighted by Gasteiger charge is -2.43. The van der Waals surface area contributed by atoms with Crippen LogP contribution in [0.1, 0.15) is 12.8 Å². The number of halogens is 3. The minimum atomic E-state index is -4.14. The van der Waals surface area contributed by atoms with E-state index in [1.807, 2.05) is 0 Å². The van der Waals surface area contributed by atoms with E-state index in [-0.39, 0.29) is 0 Å². The quantitative estimate of drug-likeness (QED) is 0.817. The van der Waals surface area contributed by atoms with Crippen LogP contribution in [0.4, 0.5) is 13.2 Å². The van der Waals surface area contributed by atoms with Crippen molar-refractivity contribution in [2.45, 2.75) is 24.6 Å². The van der Waals surface area contributed by atoms with Gasteiger partial charge in [-0.3, -0.25) is 4.90 Å². The lowest BCUT2D eigenvalue weighted by atomic mass is 9.93. The fourth-order valence-corrected chi connectivity index (χ4v) is 3.25. The molecule has 1 aliphatic heterocycles. The van der Waals surface area contributed by atoms with Crippen LogP contribution < -0.4 is 5.73 Å². The van der Waals surface area contributed by atoms with Gasteiger partial charge in [-0.25, -0.2) is 0 Å². The van der Waals surface area contributed by atoms with Crippen molar-refractivity contribution < 1.29 is 13.2 Å². The van der Waals surface area contributed by atoms with Crippen LogP contribution in [0.2, 0.25) is 0 Å². The van der Waals surface area contributed by atoms with Crippen molar-refractivity contribution in [2.24, 2.45) is 5.73 Å². The van der Waals surface area contributed by atoms with Gasteiger partial charge < -0.3 is 5.73 Å². The van der Waals surface area contributed by atoms with Gasteiger partial charge in [-0.15, -0.1) is 0 Å². The number of nitrogens with two attached hydrogens (primary N) is 1. The van der Waals surface area contributed by atoms with Crippen LogP contribution in [0.15, 0.2) is 0 Å². The van der Waals surface area contributed by atoms with Gasteiger partial charge in [-0.1, -0.05) is 0 Å². The Hall–Kier alpha value is 0.0600. The zero-order valence-electron chi connectivity index (χ0n) is 8.81. The first-order chi connectivity index (χ1) is 6.90. The van der Waals surface area contributed by atoms with E-state index >= 15 is 0 Å². The molecular formula is C9H17F3N2S. The third-order valence-corrected chi connectivity index (χ3v) is 4.23. The molecular weight excluding hydrogens is 225 g/mol. The molecule has 1 rings (SSSR count). The third kappa shape index (κ3) is 3.53. The number of hydrogen-bond acceptors (Lipinski definition) is 3. The highest BCUT2D eigenvalue weighted by molar-refractivity contribution is 7.99. The van der Waals surface area contributed by atoms with Crippen molar-refractivity contribution in [1.82, 2.24) is 4.90 Å². The molecule has 0 aromatic rings. The Balaban J connectivity index is 2.63. The molecule has 0 bridgehead atoms. The number of likely N-dealkylation sites (N-methyl/N-ethyl adjacent to an activating group) is 1. The molecule has 0 aromatic carbocycles. The Labute approximate surface area is 92.4 Å². The summed E-state index contributed by atoms with van der Waals surface area (Å²) in [5.41, 5.74) is 5.18. The first-order valence-corrected chi connectivity index (χ1v) is 6.11. The molecule has 0 saturated carbocycles. The standard InChI is InChI=1S/C9H17F3N2S/c1-14(6-9(10,11)12)8(5-13)3-2-4-15-7-8/h2-7,13H2,1H3. The van der Waals surface area contributed by atoms with Gasteiger partial charge in [0.1, 0.15) is 0 Å². The highest BCUT2D eigenvalue weighted by Crippen LogP contribution is 2.32. The van der Waals surface area contributed by atoms with Crippen LogP contribution in [0, 0.1) is 0 Å². The molecule has 1 fully saturated rings. The Kier molecular flexibility index (Phi) is 4.31. The van der Waals surface area contributed by atoms with Crippen molar-refractivity contribution in [1.29, 1.82) is 0 Å². The Morgan fingerprint density at radius 2 is 2.13 bits per heavy atom. The maximum Gasteiger partial charge on any atom is 0.401 e. The molecule has 0 aliphatic carbocycles. The normalized spacial score (nSPS) is 28.4. The average molecular weight is 242 g/mol. The summed E-state index contributed by atoms with van der Waals surface area (Å²) in [4.78, 5) is 1.37. The van der Waals surface area contributed by atoms with Gasteiger partial charge in [-0.2, -0.15) is 24.9 Å². The van der Waals surface area contributed by atoms with Crippen LogP contribution >= 0.6 is 11.8 Å². The topological polar surface area (TPSA) is 29.3 Å². The van der Waals surface area contributed by atoms with Gasteiger partial charge in [0, 0.05) is 17.8 Å². The lowest BCUT2D eigenvalue weighted by molar-refractivity contribution is -0.153. The van der Waals surface area contributed by atoms with Gasteiger partial charge in [0.15, 0.2) is 0 Å². The monoisotopic (exact) mass is 242 g/mol. The first-order valence-electron chi connectivity index (χ1n) is 4.95. The third-order valence-electron chi connectivity index (χ3n) is 2.91. The molecule has 15 heavy (non-hydrogen) atoms. The van der Waals surface area contributed by atoms with Gasteiger partial charge in [-0.05, 0) is 25.6 Å². The van der Waals surface area contributed by atoms with Crippen LogP contribution in [-0.4, -0.2) is 48.3 Å². The molecule has 1 atom stereocenters. The molecule has 2 nitrogen and oxygen atoms in total. The fraction of sp³-hybridized carbons (Fsp3) is 1.00. The second kappa shape index (κ2) is 4.93. The highest BCUT2D eigenvalue weighted by Gasteiger charge is 2.40. The number of alkyl halides is 3. The minimum absolute atomic E-state index is 0.298. The number of thioether (sulfide) groups is 1. The summed E-state index contributed by atoms with van der Waals surface area (Å²) in [6.45, 7) is -0.572. The largest absolute Gasteiger partial charge is 0.401 e. The van der Waals surface area contributed by atoms with E-state index < -0.39 is 18.3 Å². The number of nitrogens with zero attached hydrogens (tertiary/aromatic N) is 1. The molecule has 90 valence electrons. The van der Waals surface area contributed by atoms with Gasteiger partial charge >= 0.3 is 6.18 Å². The SMILES string of the molecule is CN(CC(F)(F)F)C1(CN)CCCSC1.